The van der Waals surface area contributed by atoms with E-state index < -0.39 is 5.66 Å². The highest BCUT2D eigenvalue weighted by Gasteiger charge is 2.48. The summed E-state index contributed by atoms with van der Waals surface area (Å²) in [5.74, 6) is 0.524. The largest absolute Gasteiger partial charge is 0.311 e. The van der Waals surface area contributed by atoms with Crippen LogP contribution in [0.2, 0.25) is 0 Å². The van der Waals surface area contributed by atoms with Gasteiger partial charge in [-0.2, -0.15) is 15.3 Å². The van der Waals surface area contributed by atoms with E-state index in [1.807, 2.05) is 0 Å². The highest BCUT2D eigenvalue weighted by atomic mass is 15.5. The first-order valence-electron chi connectivity index (χ1n) is 6.00. The lowest BCUT2D eigenvalue weighted by Crippen LogP contribution is -2.17. The molecular formula is C10H17N7. The standard InChI is InChI=1S/C10H17N7/c1-2-3-4-5-6-10(16-17-10)8-9(15-13-8)14-12-7-11/h2-7,11H2,1H3/b14-12+. The Morgan fingerprint density at radius 1 is 1.18 bits per heavy atom. The Morgan fingerprint density at radius 3 is 2.53 bits per heavy atom. The molecule has 0 spiro atoms. The van der Waals surface area contributed by atoms with E-state index in [4.69, 9.17) is 5.73 Å². The SMILES string of the molecule is CCCCCCC1(C2=C(/N=N/CN)N=N2)N=N1. The molecule has 7 nitrogen and oxygen atoms in total. The van der Waals surface area contributed by atoms with Crippen molar-refractivity contribution in [2.24, 2.45) is 36.4 Å². The maximum atomic E-state index is 5.24. The van der Waals surface area contributed by atoms with E-state index in [0.717, 1.165) is 18.5 Å². The number of azo groups is 2. The summed E-state index contributed by atoms with van der Waals surface area (Å²) in [4.78, 5) is 0. The summed E-state index contributed by atoms with van der Waals surface area (Å²) in [6.45, 7) is 2.35. The molecule has 0 saturated heterocycles. The van der Waals surface area contributed by atoms with Crippen molar-refractivity contribution >= 4 is 0 Å². The third-order valence-electron chi connectivity index (χ3n) is 2.80. The van der Waals surface area contributed by atoms with Crippen LogP contribution in [0, 0.1) is 0 Å². The van der Waals surface area contributed by atoms with Crippen LogP contribution >= 0.6 is 0 Å². The van der Waals surface area contributed by atoms with Crippen LogP contribution in [0.5, 0.6) is 0 Å². The number of hydrogen-bond acceptors (Lipinski definition) is 7. The molecule has 0 aromatic rings. The van der Waals surface area contributed by atoms with Crippen LogP contribution in [0.1, 0.15) is 39.0 Å². The van der Waals surface area contributed by atoms with Crippen molar-refractivity contribution in [1.82, 2.24) is 0 Å². The van der Waals surface area contributed by atoms with E-state index >= 15 is 0 Å². The van der Waals surface area contributed by atoms with E-state index in [-0.39, 0.29) is 6.67 Å². The van der Waals surface area contributed by atoms with Gasteiger partial charge in [-0.15, -0.1) is 15.3 Å². The lowest BCUT2D eigenvalue weighted by atomic mass is 10.0. The quantitative estimate of drug-likeness (QED) is 0.507. The molecule has 2 aliphatic heterocycles. The summed E-state index contributed by atoms with van der Waals surface area (Å²) >= 11 is 0. The van der Waals surface area contributed by atoms with Gasteiger partial charge in [-0.3, -0.25) is 0 Å². The topological polar surface area (TPSA) is 100 Å². The Bertz CT molecular complexity index is 387. The van der Waals surface area contributed by atoms with Crippen molar-refractivity contribution in [1.29, 1.82) is 0 Å². The zero-order valence-electron chi connectivity index (χ0n) is 10.0. The summed E-state index contributed by atoms with van der Waals surface area (Å²) in [5.41, 5.74) is 5.52. The Kier molecular flexibility index (Phi) is 3.68. The van der Waals surface area contributed by atoms with E-state index in [0.29, 0.717) is 5.82 Å². The molecule has 0 radical (unpaired) electrons. The van der Waals surface area contributed by atoms with Crippen molar-refractivity contribution in [3.63, 3.8) is 0 Å². The molecule has 0 aromatic heterocycles. The molecule has 0 aliphatic carbocycles. The van der Waals surface area contributed by atoms with Crippen LogP contribution in [0.3, 0.4) is 0 Å². The van der Waals surface area contributed by atoms with Gasteiger partial charge in [0.15, 0.2) is 5.70 Å². The average molecular weight is 235 g/mol. The molecule has 0 saturated carbocycles. The van der Waals surface area contributed by atoms with Gasteiger partial charge in [-0.05, 0) is 6.42 Å². The van der Waals surface area contributed by atoms with Gasteiger partial charge < -0.3 is 5.73 Å². The van der Waals surface area contributed by atoms with Gasteiger partial charge in [-0.1, -0.05) is 26.2 Å². The van der Waals surface area contributed by atoms with Gasteiger partial charge in [0.2, 0.25) is 11.5 Å². The zero-order chi connectivity index (χ0) is 12.1. The summed E-state index contributed by atoms with van der Waals surface area (Å²) in [6.07, 6.45) is 5.66. The molecule has 7 heteroatoms. The Labute approximate surface area is 100 Å². The third-order valence-corrected chi connectivity index (χ3v) is 2.80. The minimum atomic E-state index is -0.460. The fraction of sp³-hybridized carbons (Fsp3) is 0.800. The molecule has 2 heterocycles. The second-order valence-electron chi connectivity index (χ2n) is 4.12. The van der Waals surface area contributed by atoms with Crippen LogP contribution < -0.4 is 5.73 Å². The smallest absolute Gasteiger partial charge is 0.238 e. The first kappa shape index (κ1) is 12.0. The number of hydrogen-bond donors (Lipinski definition) is 1. The number of nitrogens with zero attached hydrogens (tertiary/aromatic N) is 6. The second-order valence-corrected chi connectivity index (χ2v) is 4.12. The van der Waals surface area contributed by atoms with Gasteiger partial charge in [0.25, 0.3) is 0 Å². The van der Waals surface area contributed by atoms with Crippen LogP contribution in [0.4, 0.5) is 0 Å². The minimum absolute atomic E-state index is 0.157. The molecule has 0 atom stereocenters. The Balaban J connectivity index is 1.86. The first-order valence-corrected chi connectivity index (χ1v) is 6.00. The van der Waals surface area contributed by atoms with Crippen molar-refractivity contribution in [2.45, 2.75) is 44.7 Å². The van der Waals surface area contributed by atoms with E-state index in [2.05, 4.69) is 37.6 Å². The molecule has 0 amide bonds. The van der Waals surface area contributed by atoms with Gasteiger partial charge in [-0.25, -0.2) is 0 Å². The van der Waals surface area contributed by atoms with Crippen molar-refractivity contribution in [3.8, 4) is 0 Å². The van der Waals surface area contributed by atoms with Gasteiger partial charge in [0, 0.05) is 6.42 Å². The maximum absolute atomic E-state index is 5.24. The number of nitrogens with two attached hydrogens (primary N) is 1. The van der Waals surface area contributed by atoms with Crippen LogP contribution in [0.25, 0.3) is 0 Å². The van der Waals surface area contributed by atoms with Gasteiger partial charge >= 0.3 is 0 Å². The molecule has 2 rings (SSSR count). The fourth-order valence-corrected chi connectivity index (χ4v) is 1.75. The molecule has 2 N–H and O–H groups in total. The van der Waals surface area contributed by atoms with Crippen molar-refractivity contribution in [2.75, 3.05) is 6.67 Å². The fourth-order valence-electron chi connectivity index (χ4n) is 1.75. The number of unbranched alkanes of at least 4 members (excludes halogenated alkanes) is 3. The second kappa shape index (κ2) is 5.22. The predicted molar refractivity (Wildman–Crippen MR) is 62.1 cm³/mol. The lowest BCUT2D eigenvalue weighted by Gasteiger charge is -2.15. The maximum Gasteiger partial charge on any atom is 0.238 e. The van der Waals surface area contributed by atoms with Crippen LogP contribution in [-0.4, -0.2) is 12.3 Å². The summed E-state index contributed by atoms with van der Waals surface area (Å²) in [5, 5.41) is 23.5. The normalized spacial score (nSPS) is 20.1. The van der Waals surface area contributed by atoms with Gasteiger partial charge in [0.1, 0.15) is 6.67 Å². The predicted octanol–water partition coefficient (Wildman–Crippen LogP) is 3.12. The Hall–Kier alpha value is -1.50. The monoisotopic (exact) mass is 235 g/mol. The Morgan fingerprint density at radius 2 is 2.00 bits per heavy atom. The van der Waals surface area contributed by atoms with E-state index in [1.54, 1.807) is 0 Å². The molecule has 0 fully saturated rings. The lowest BCUT2D eigenvalue weighted by molar-refractivity contribution is 0.527. The highest BCUT2D eigenvalue weighted by Crippen LogP contribution is 2.46. The van der Waals surface area contributed by atoms with Crippen molar-refractivity contribution < 1.29 is 0 Å². The van der Waals surface area contributed by atoms with Crippen LogP contribution in [0.15, 0.2) is 42.2 Å². The molecule has 2 aliphatic rings. The molecule has 92 valence electrons. The summed E-state index contributed by atoms with van der Waals surface area (Å²) in [7, 11) is 0. The molecule has 0 unspecified atom stereocenters. The first-order chi connectivity index (χ1) is 8.32. The van der Waals surface area contributed by atoms with E-state index in [9.17, 15) is 0 Å². The average Bonchev–Trinajstić information content (AvgIpc) is 3.04. The van der Waals surface area contributed by atoms with Gasteiger partial charge in [0.05, 0.1) is 0 Å². The zero-order valence-corrected chi connectivity index (χ0v) is 10.0. The number of rotatable bonds is 8. The van der Waals surface area contributed by atoms with E-state index in [1.165, 1.54) is 19.3 Å². The summed E-state index contributed by atoms with van der Waals surface area (Å²) < 4.78 is 0. The van der Waals surface area contributed by atoms with Crippen LogP contribution in [-0.2, 0) is 0 Å². The minimum Gasteiger partial charge on any atom is -0.311 e. The molecule has 17 heavy (non-hydrogen) atoms. The molecule has 0 bridgehead atoms. The highest BCUT2D eigenvalue weighted by molar-refractivity contribution is 5.31. The summed E-state index contributed by atoms with van der Waals surface area (Å²) in [6, 6.07) is 0. The molecule has 0 aromatic carbocycles. The third kappa shape index (κ3) is 2.60. The molecular weight excluding hydrogens is 218 g/mol. The van der Waals surface area contributed by atoms with Crippen molar-refractivity contribution in [3.05, 3.63) is 11.5 Å².